The summed E-state index contributed by atoms with van der Waals surface area (Å²) in [5.74, 6) is 0.927. The van der Waals surface area contributed by atoms with Crippen molar-refractivity contribution in [3.05, 3.63) is 35.9 Å². The zero-order valence-electron chi connectivity index (χ0n) is 21.3. The molecule has 0 spiro atoms. The molecule has 0 radical (unpaired) electrons. The molecular formula is C26H38N6O. The van der Waals surface area contributed by atoms with Crippen LogP contribution in [-0.4, -0.2) is 65.2 Å². The number of rotatable bonds is 6. The summed E-state index contributed by atoms with van der Waals surface area (Å²) < 4.78 is 0. The summed E-state index contributed by atoms with van der Waals surface area (Å²) in [6.45, 7) is 14.6. The third-order valence-corrected chi connectivity index (χ3v) is 6.32. The lowest BCUT2D eigenvalue weighted by atomic mass is 9.79. The van der Waals surface area contributed by atoms with Gasteiger partial charge in [-0.3, -0.25) is 4.99 Å². The van der Waals surface area contributed by atoms with Gasteiger partial charge in [-0.05, 0) is 72.4 Å². The van der Waals surface area contributed by atoms with Crippen molar-refractivity contribution in [3.8, 4) is 17.0 Å². The quantitative estimate of drug-likeness (QED) is 0.613. The topological polar surface area (TPSA) is 76.9 Å². The molecule has 0 amide bonds. The molecule has 33 heavy (non-hydrogen) atoms. The number of aromatic hydroxyl groups is 1. The first-order chi connectivity index (χ1) is 15.4. The highest BCUT2D eigenvalue weighted by molar-refractivity contribution is 5.82. The van der Waals surface area contributed by atoms with E-state index in [1.54, 1.807) is 6.07 Å². The van der Waals surface area contributed by atoms with Crippen molar-refractivity contribution in [2.75, 3.05) is 26.0 Å². The van der Waals surface area contributed by atoms with E-state index >= 15 is 0 Å². The minimum Gasteiger partial charge on any atom is -0.507 e. The van der Waals surface area contributed by atoms with E-state index in [-0.39, 0.29) is 16.8 Å². The first kappa shape index (κ1) is 24.7. The Bertz CT molecular complexity index is 1020. The van der Waals surface area contributed by atoms with Gasteiger partial charge in [-0.25, -0.2) is 0 Å². The second kappa shape index (κ2) is 9.14. The van der Waals surface area contributed by atoms with Crippen LogP contribution < -0.4 is 10.2 Å². The number of piperidine rings is 1. The van der Waals surface area contributed by atoms with Crippen LogP contribution in [0.3, 0.4) is 0 Å². The van der Waals surface area contributed by atoms with Gasteiger partial charge in [0.1, 0.15) is 5.75 Å². The number of nitrogens with zero attached hydrogens (tertiary/aromatic N) is 5. The third-order valence-electron chi connectivity index (χ3n) is 6.32. The maximum absolute atomic E-state index is 10.7. The maximum atomic E-state index is 10.7. The monoisotopic (exact) mass is 450 g/mol. The lowest BCUT2D eigenvalue weighted by Crippen LogP contribution is -2.62. The molecule has 2 heterocycles. The lowest BCUT2D eigenvalue weighted by Gasteiger charge is -2.49. The van der Waals surface area contributed by atoms with E-state index in [9.17, 15) is 5.11 Å². The van der Waals surface area contributed by atoms with E-state index < -0.39 is 0 Å². The normalized spacial score (nSPS) is 18.1. The zero-order chi connectivity index (χ0) is 24.6. The fourth-order valence-corrected chi connectivity index (χ4v) is 5.16. The van der Waals surface area contributed by atoms with Crippen molar-refractivity contribution in [2.45, 2.75) is 64.6 Å². The van der Waals surface area contributed by atoms with Crippen molar-refractivity contribution in [2.24, 2.45) is 4.99 Å². The van der Waals surface area contributed by atoms with Gasteiger partial charge in [0.2, 0.25) is 0 Å². The number of hydrogen-bond acceptors (Lipinski definition) is 7. The van der Waals surface area contributed by atoms with E-state index in [1.165, 1.54) is 0 Å². The average molecular weight is 451 g/mol. The summed E-state index contributed by atoms with van der Waals surface area (Å²) in [5, 5.41) is 23.4. The van der Waals surface area contributed by atoms with Crippen LogP contribution in [-0.2, 0) is 0 Å². The minimum absolute atomic E-state index is 0.0497. The molecule has 1 saturated heterocycles. The Morgan fingerprint density at radius 2 is 1.76 bits per heavy atom. The highest BCUT2D eigenvalue weighted by Gasteiger charge is 2.39. The molecule has 1 aliphatic heterocycles. The largest absolute Gasteiger partial charge is 0.507 e. The SMILES string of the molecule is C=Nc1cc(O)c(-c2ccc(N(C)C3CC(C)(C)NC(C)(C)C3)nn2)cc1/C(=C\C)N(C)C. The Morgan fingerprint density at radius 1 is 1.12 bits per heavy atom. The number of aromatic nitrogens is 2. The van der Waals surface area contributed by atoms with Crippen LogP contribution in [0.15, 0.2) is 35.3 Å². The average Bonchev–Trinajstić information content (AvgIpc) is 2.72. The fraction of sp³-hybridized carbons (Fsp3) is 0.500. The van der Waals surface area contributed by atoms with E-state index in [0.29, 0.717) is 23.0 Å². The van der Waals surface area contributed by atoms with Gasteiger partial charge in [0, 0.05) is 61.2 Å². The van der Waals surface area contributed by atoms with Crippen molar-refractivity contribution >= 4 is 23.9 Å². The second-order valence-corrected chi connectivity index (χ2v) is 10.5. The molecule has 2 aromatic rings. The number of allylic oxidation sites excluding steroid dienone is 1. The van der Waals surface area contributed by atoms with Crippen LogP contribution in [0, 0.1) is 0 Å². The van der Waals surface area contributed by atoms with Gasteiger partial charge in [-0.15, -0.1) is 10.2 Å². The molecule has 0 atom stereocenters. The van der Waals surface area contributed by atoms with E-state index in [4.69, 9.17) is 0 Å². The Balaban J connectivity index is 1.93. The molecule has 7 heteroatoms. The molecule has 0 aliphatic carbocycles. The highest BCUT2D eigenvalue weighted by Crippen LogP contribution is 2.38. The van der Waals surface area contributed by atoms with Gasteiger partial charge in [0.25, 0.3) is 0 Å². The van der Waals surface area contributed by atoms with E-state index in [2.05, 4.69) is 66.9 Å². The predicted octanol–water partition coefficient (Wildman–Crippen LogP) is 4.85. The van der Waals surface area contributed by atoms with Gasteiger partial charge < -0.3 is 20.2 Å². The summed E-state index contributed by atoms with van der Waals surface area (Å²) in [6.07, 6.45) is 4.05. The summed E-state index contributed by atoms with van der Waals surface area (Å²) in [7, 11) is 6.03. The fourth-order valence-electron chi connectivity index (χ4n) is 5.16. The molecule has 0 bridgehead atoms. The Morgan fingerprint density at radius 3 is 2.24 bits per heavy atom. The molecule has 0 saturated carbocycles. The lowest BCUT2D eigenvalue weighted by molar-refractivity contribution is 0.160. The van der Waals surface area contributed by atoms with Crippen LogP contribution in [0.25, 0.3) is 17.0 Å². The number of aliphatic imine (C=N–C) groups is 1. The molecular weight excluding hydrogens is 412 g/mol. The van der Waals surface area contributed by atoms with Crippen LogP contribution in [0.4, 0.5) is 11.5 Å². The van der Waals surface area contributed by atoms with Crippen LogP contribution in [0.1, 0.15) is 53.0 Å². The number of hydrogen-bond donors (Lipinski definition) is 2. The van der Waals surface area contributed by atoms with E-state index in [0.717, 1.165) is 29.9 Å². The van der Waals surface area contributed by atoms with Crippen molar-refractivity contribution in [1.82, 2.24) is 20.4 Å². The van der Waals surface area contributed by atoms with Crippen LogP contribution in [0.5, 0.6) is 5.75 Å². The summed E-state index contributed by atoms with van der Waals surface area (Å²) in [6, 6.07) is 7.78. The summed E-state index contributed by atoms with van der Waals surface area (Å²) >= 11 is 0. The Labute approximate surface area is 198 Å². The molecule has 1 aromatic carbocycles. The molecule has 178 valence electrons. The first-order valence-electron chi connectivity index (χ1n) is 11.4. The van der Waals surface area contributed by atoms with Gasteiger partial charge in [-0.1, -0.05) is 6.08 Å². The van der Waals surface area contributed by atoms with Gasteiger partial charge in [-0.2, -0.15) is 0 Å². The predicted molar refractivity (Wildman–Crippen MR) is 138 cm³/mol. The molecule has 7 nitrogen and oxygen atoms in total. The smallest absolute Gasteiger partial charge is 0.151 e. The molecule has 1 aromatic heterocycles. The molecule has 2 N–H and O–H groups in total. The molecule has 1 aliphatic rings. The zero-order valence-corrected chi connectivity index (χ0v) is 21.3. The second-order valence-electron chi connectivity index (χ2n) is 10.5. The van der Waals surface area contributed by atoms with Crippen molar-refractivity contribution in [3.63, 3.8) is 0 Å². The number of nitrogens with one attached hydrogen (secondary N) is 1. The number of phenols is 1. The standard InChI is InChI=1S/C26H38N6O/c1-10-22(31(7)8)18-13-19(23(33)14-21(18)27-6)20-11-12-24(29-28-20)32(9)17-15-25(2,3)30-26(4,5)16-17/h10-14,17,30,33H,6,15-16H2,1-5,7-9H3/b22-10+. The molecule has 0 unspecified atom stereocenters. The van der Waals surface area contributed by atoms with Crippen molar-refractivity contribution in [1.29, 1.82) is 0 Å². The number of anilines is 1. The summed E-state index contributed by atoms with van der Waals surface area (Å²) in [5.41, 5.74) is 3.82. The van der Waals surface area contributed by atoms with E-state index in [1.807, 2.05) is 50.2 Å². The minimum atomic E-state index is 0.0497. The molecule has 3 rings (SSSR count). The highest BCUT2D eigenvalue weighted by atomic mass is 16.3. The number of benzene rings is 1. The molecule has 1 fully saturated rings. The Hall–Kier alpha value is -2.93. The maximum Gasteiger partial charge on any atom is 0.151 e. The van der Waals surface area contributed by atoms with Crippen LogP contribution in [0.2, 0.25) is 0 Å². The van der Waals surface area contributed by atoms with Crippen LogP contribution >= 0.6 is 0 Å². The summed E-state index contributed by atoms with van der Waals surface area (Å²) in [4.78, 5) is 8.34. The first-order valence-corrected chi connectivity index (χ1v) is 11.4. The van der Waals surface area contributed by atoms with Gasteiger partial charge in [0.15, 0.2) is 5.82 Å². The van der Waals surface area contributed by atoms with Gasteiger partial charge in [0.05, 0.1) is 11.4 Å². The van der Waals surface area contributed by atoms with Crippen molar-refractivity contribution < 1.29 is 5.11 Å². The third kappa shape index (κ3) is 5.36. The van der Waals surface area contributed by atoms with Gasteiger partial charge >= 0.3 is 0 Å². The number of phenolic OH excluding ortho intramolecular Hbond substituents is 1. The Kier molecular flexibility index (Phi) is 6.84.